The topological polar surface area (TPSA) is 106 Å². The third-order valence-electron chi connectivity index (χ3n) is 2.29. The van der Waals surface area contributed by atoms with Crippen molar-refractivity contribution in [1.82, 2.24) is 4.98 Å². The van der Waals surface area contributed by atoms with Gasteiger partial charge in [0.05, 0.1) is 11.9 Å². The summed E-state index contributed by atoms with van der Waals surface area (Å²) in [7, 11) is -3.35. The van der Waals surface area contributed by atoms with Crippen LogP contribution in [0.3, 0.4) is 0 Å². The molecular weight excluding hydrogens is 316 g/mol. The first-order valence-corrected chi connectivity index (χ1v) is 8.49. The van der Waals surface area contributed by atoms with Crippen molar-refractivity contribution in [2.24, 2.45) is 0 Å². The number of sulfonamides is 1. The lowest BCUT2D eigenvalue weighted by Gasteiger charge is -2.03. The lowest BCUT2D eigenvalue weighted by Crippen LogP contribution is -2.09. The second kappa shape index (κ2) is 6.10. The van der Waals surface area contributed by atoms with Crippen molar-refractivity contribution in [2.75, 3.05) is 17.6 Å². The number of aliphatic carboxylic acids is 1. The highest BCUT2D eigenvalue weighted by molar-refractivity contribution is 7.92. The largest absolute Gasteiger partial charge is 0.482 e. The Labute approximate surface area is 125 Å². The van der Waals surface area contributed by atoms with E-state index in [1.165, 1.54) is 11.3 Å². The van der Waals surface area contributed by atoms with E-state index in [2.05, 4.69) is 9.71 Å². The van der Waals surface area contributed by atoms with E-state index in [0.29, 0.717) is 16.6 Å². The highest BCUT2D eigenvalue weighted by Crippen LogP contribution is 2.26. The Morgan fingerprint density at radius 1 is 1.38 bits per heavy atom. The fraction of sp³-hybridized carbons (Fsp3) is 0.167. The number of anilines is 1. The number of benzene rings is 1. The molecule has 21 heavy (non-hydrogen) atoms. The molecule has 0 saturated heterocycles. The standard InChI is InChI=1S/C12H12N2O5S2/c1-21(17,18)14-12-13-10(7-20-12)8-2-4-9(5-3-8)19-6-11(15)16/h2-5,7H,6H2,1H3,(H,13,14)(H,15,16). The van der Waals surface area contributed by atoms with E-state index in [1.54, 1.807) is 29.6 Å². The SMILES string of the molecule is CS(=O)(=O)Nc1nc(-c2ccc(OCC(=O)O)cc2)cs1. The molecule has 9 heteroatoms. The molecule has 0 bridgehead atoms. The van der Waals surface area contributed by atoms with Crippen LogP contribution < -0.4 is 9.46 Å². The predicted molar refractivity (Wildman–Crippen MR) is 79.1 cm³/mol. The third kappa shape index (κ3) is 4.72. The summed E-state index contributed by atoms with van der Waals surface area (Å²) < 4.78 is 29.5. The summed E-state index contributed by atoms with van der Waals surface area (Å²) in [5, 5.41) is 10.5. The summed E-state index contributed by atoms with van der Waals surface area (Å²) in [6, 6.07) is 6.69. The fourth-order valence-electron chi connectivity index (χ4n) is 1.48. The van der Waals surface area contributed by atoms with Gasteiger partial charge in [-0.05, 0) is 24.3 Å². The number of carbonyl (C=O) groups is 1. The molecule has 2 N–H and O–H groups in total. The maximum absolute atomic E-state index is 11.1. The van der Waals surface area contributed by atoms with Crippen LogP contribution in [0.5, 0.6) is 5.75 Å². The van der Waals surface area contributed by atoms with E-state index >= 15 is 0 Å². The molecule has 2 rings (SSSR count). The zero-order valence-electron chi connectivity index (χ0n) is 10.9. The monoisotopic (exact) mass is 328 g/mol. The van der Waals surface area contributed by atoms with Crippen molar-refractivity contribution in [3.05, 3.63) is 29.6 Å². The highest BCUT2D eigenvalue weighted by atomic mass is 32.2. The number of carboxylic acid groups (broad SMARTS) is 1. The summed E-state index contributed by atoms with van der Waals surface area (Å²) in [5.74, 6) is -0.610. The smallest absolute Gasteiger partial charge is 0.341 e. The van der Waals surface area contributed by atoms with E-state index < -0.39 is 22.6 Å². The van der Waals surface area contributed by atoms with Crippen molar-refractivity contribution in [3.8, 4) is 17.0 Å². The maximum atomic E-state index is 11.1. The Kier molecular flexibility index (Phi) is 4.43. The molecule has 7 nitrogen and oxygen atoms in total. The van der Waals surface area contributed by atoms with Crippen LogP contribution in [-0.4, -0.2) is 37.3 Å². The number of aromatic nitrogens is 1. The average Bonchev–Trinajstić information content (AvgIpc) is 2.83. The van der Waals surface area contributed by atoms with Crippen LogP contribution in [-0.2, 0) is 14.8 Å². The van der Waals surface area contributed by atoms with Crippen molar-refractivity contribution in [3.63, 3.8) is 0 Å². The minimum atomic E-state index is -3.35. The van der Waals surface area contributed by atoms with Gasteiger partial charge in [0.25, 0.3) is 0 Å². The highest BCUT2D eigenvalue weighted by Gasteiger charge is 2.08. The lowest BCUT2D eigenvalue weighted by molar-refractivity contribution is -0.139. The Balaban J connectivity index is 2.10. The van der Waals surface area contributed by atoms with Gasteiger partial charge in [0.2, 0.25) is 10.0 Å². The number of hydrogen-bond acceptors (Lipinski definition) is 6. The van der Waals surface area contributed by atoms with Gasteiger partial charge in [-0.2, -0.15) is 0 Å². The lowest BCUT2D eigenvalue weighted by atomic mass is 10.2. The molecule has 0 atom stereocenters. The fourth-order valence-corrected chi connectivity index (χ4v) is 3.05. The summed E-state index contributed by atoms with van der Waals surface area (Å²) in [4.78, 5) is 14.6. The van der Waals surface area contributed by atoms with Gasteiger partial charge in [0, 0.05) is 10.9 Å². The Morgan fingerprint density at radius 3 is 2.62 bits per heavy atom. The molecule has 2 aromatic rings. The Hall–Kier alpha value is -2.13. The van der Waals surface area contributed by atoms with E-state index in [1.807, 2.05) is 0 Å². The van der Waals surface area contributed by atoms with Crippen LogP contribution >= 0.6 is 11.3 Å². The van der Waals surface area contributed by atoms with Crippen LogP contribution in [0.4, 0.5) is 5.13 Å². The molecule has 0 fully saturated rings. The van der Waals surface area contributed by atoms with Crippen LogP contribution in [0.15, 0.2) is 29.6 Å². The zero-order valence-corrected chi connectivity index (χ0v) is 12.6. The first-order valence-electron chi connectivity index (χ1n) is 5.72. The third-order valence-corrected chi connectivity index (χ3v) is 3.74. The summed E-state index contributed by atoms with van der Waals surface area (Å²) in [6.07, 6.45) is 1.06. The predicted octanol–water partition coefficient (Wildman–Crippen LogP) is 1.64. The van der Waals surface area contributed by atoms with E-state index in [-0.39, 0.29) is 0 Å². The molecular formula is C12H12N2O5S2. The maximum Gasteiger partial charge on any atom is 0.341 e. The molecule has 0 aliphatic carbocycles. The quantitative estimate of drug-likeness (QED) is 0.835. The number of ether oxygens (including phenoxy) is 1. The molecule has 1 aromatic heterocycles. The molecule has 1 aromatic carbocycles. The van der Waals surface area contributed by atoms with Crippen molar-refractivity contribution in [1.29, 1.82) is 0 Å². The van der Waals surface area contributed by atoms with Gasteiger partial charge in [-0.15, -0.1) is 11.3 Å². The number of thiazole rings is 1. The van der Waals surface area contributed by atoms with Gasteiger partial charge in [-0.25, -0.2) is 18.2 Å². The Morgan fingerprint density at radius 2 is 2.05 bits per heavy atom. The molecule has 1 heterocycles. The minimum absolute atomic E-state index is 0.290. The van der Waals surface area contributed by atoms with Gasteiger partial charge in [-0.1, -0.05) is 0 Å². The van der Waals surface area contributed by atoms with Crippen LogP contribution in [0.25, 0.3) is 11.3 Å². The number of hydrogen-bond donors (Lipinski definition) is 2. The average molecular weight is 328 g/mol. The zero-order chi connectivity index (χ0) is 15.5. The first kappa shape index (κ1) is 15.3. The van der Waals surface area contributed by atoms with Gasteiger partial charge < -0.3 is 9.84 Å². The number of rotatable bonds is 6. The van der Waals surface area contributed by atoms with Gasteiger partial charge in [0.15, 0.2) is 11.7 Å². The second-order valence-electron chi connectivity index (χ2n) is 4.12. The minimum Gasteiger partial charge on any atom is -0.482 e. The van der Waals surface area contributed by atoms with Gasteiger partial charge in [0.1, 0.15) is 5.75 Å². The van der Waals surface area contributed by atoms with E-state index in [9.17, 15) is 13.2 Å². The number of nitrogens with zero attached hydrogens (tertiary/aromatic N) is 1. The van der Waals surface area contributed by atoms with Crippen molar-refractivity contribution in [2.45, 2.75) is 0 Å². The number of nitrogens with one attached hydrogen (secondary N) is 1. The van der Waals surface area contributed by atoms with Gasteiger partial charge >= 0.3 is 5.97 Å². The van der Waals surface area contributed by atoms with Gasteiger partial charge in [-0.3, -0.25) is 4.72 Å². The van der Waals surface area contributed by atoms with E-state index in [4.69, 9.17) is 9.84 Å². The van der Waals surface area contributed by atoms with E-state index in [0.717, 1.165) is 11.8 Å². The second-order valence-corrected chi connectivity index (χ2v) is 6.73. The molecule has 0 aliphatic rings. The molecule has 0 amide bonds. The number of carboxylic acids is 1. The molecule has 0 aliphatic heterocycles. The van der Waals surface area contributed by atoms with Crippen LogP contribution in [0.2, 0.25) is 0 Å². The Bertz CT molecular complexity index is 737. The van der Waals surface area contributed by atoms with Crippen molar-refractivity contribution < 1.29 is 23.1 Å². The normalized spacial score (nSPS) is 11.1. The first-order chi connectivity index (χ1) is 9.83. The van der Waals surface area contributed by atoms with Crippen LogP contribution in [0.1, 0.15) is 0 Å². The van der Waals surface area contributed by atoms with Crippen LogP contribution in [0, 0.1) is 0 Å². The molecule has 0 saturated carbocycles. The van der Waals surface area contributed by atoms with Crippen molar-refractivity contribution >= 4 is 32.5 Å². The summed E-state index contributed by atoms with van der Waals surface area (Å²) >= 11 is 1.18. The summed E-state index contributed by atoms with van der Waals surface area (Å²) in [6.45, 7) is -0.404. The molecule has 0 unspecified atom stereocenters. The summed E-state index contributed by atoms with van der Waals surface area (Å²) in [5.41, 5.74) is 1.39. The molecule has 0 spiro atoms. The molecule has 0 radical (unpaired) electrons. The molecule has 112 valence electrons.